The largest absolute Gasteiger partial charge is 0.483 e. The van der Waals surface area contributed by atoms with Crippen LogP contribution >= 0.6 is 27.5 Å². The van der Waals surface area contributed by atoms with E-state index in [1.54, 1.807) is 19.1 Å². The average Bonchev–Trinajstić information content (AvgIpc) is 2.76. The summed E-state index contributed by atoms with van der Waals surface area (Å²) in [5, 5.41) is 3.57. The molecule has 2 aromatic rings. The van der Waals surface area contributed by atoms with Gasteiger partial charge in [0.2, 0.25) is 5.91 Å². The van der Waals surface area contributed by atoms with Crippen LogP contribution in [0.15, 0.2) is 46.9 Å². The first kappa shape index (κ1) is 25.2. The summed E-state index contributed by atoms with van der Waals surface area (Å²) in [7, 11) is 0. The van der Waals surface area contributed by atoms with Crippen molar-refractivity contribution in [2.45, 2.75) is 59.2 Å². The highest BCUT2D eigenvalue weighted by Crippen LogP contribution is 2.26. The molecule has 2 aromatic carbocycles. The molecule has 0 aromatic heterocycles. The van der Waals surface area contributed by atoms with Crippen molar-refractivity contribution in [2.24, 2.45) is 0 Å². The van der Waals surface area contributed by atoms with Gasteiger partial charge < -0.3 is 15.0 Å². The van der Waals surface area contributed by atoms with Gasteiger partial charge in [0, 0.05) is 17.6 Å². The highest BCUT2D eigenvalue weighted by molar-refractivity contribution is 9.10. The Kier molecular flexibility index (Phi) is 9.85. The fraction of sp³-hybridized carbons (Fsp3) is 0.417. The zero-order chi connectivity index (χ0) is 23.0. The van der Waals surface area contributed by atoms with Gasteiger partial charge in [-0.1, -0.05) is 43.6 Å². The lowest BCUT2D eigenvalue weighted by atomic mass is 10.1. The quantitative estimate of drug-likeness (QED) is 0.468. The molecule has 0 heterocycles. The minimum Gasteiger partial charge on any atom is -0.483 e. The number of nitrogens with zero attached hydrogens (tertiary/aromatic N) is 1. The Morgan fingerprint density at radius 1 is 1.10 bits per heavy atom. The first-order valence-corrected chi connectivity index (χ1v) is 11.7. The molecule has 2 unspecified atom stereocenters. The normalized spacial score (nSPS) is 12.7. The summed E-state index contributed by atoms with van der Waals surface area (Å²) in [6.45, 7) is 7.87. The summed E-state index contributed by atoms with van der Waals surface area (Å²) in [6.07, 6.45) is 1.73. The van der Waals surface area contributed by atoms with E-state index in [1.165, 1.54) is 10.5 Å². The maximum absolute atomic E-state index is 13.1. The van der Waals surface area contributed by atoms with E-state index in [2.05, 4.69) is 28.2 Å². The predicted octanol–water partition coefficient (Wildman–Crippen LogP) is 5.38. The van der Waals surface area contributed by atoms with E-state index in [1.807, 2.05) is 44.2 Å². The van der Waals surface area contributed by atoms with E-state index in [0.717, 1.165) is 22.9 Å². The lowest BCUT2D eigenvalue weighted by Crippen LogP contribution is -2.50. The molecule has 2 atom stereocenters. The Hall–Kier alpha value is -2.05. The van der Waals surface area contributed by atoms with Crippen molar-refractivity contribution in [1.82, 2.24) is 10.2 Å². The maximum Gasteiger partial charge on any atom is 0.261 e. The van der Waals surface area contributed by atoms with Gasteiger partial charge in [0.1, 0.15) is 11.8 Å². The van der Waals surface area contributed by atoms with Crippen LogP contribution in [0.1, 0.15) is 45.2 Å². The van der Waals surface area contributed by atoms with Crippen molar-refractivity contribution < 1.29 is 14.3 Å². The van der Waals surface area contributed by atoms with Crippen LogP contribution in [-0.4, -0.2) is 35.4 Å². The molecule has 0 aliphatic rings. The topological polar surface area (TPSA) is 58.6 Å². The Morgan fingerprint density at radius 3 is 2.32 bits per heavy atom. The van der Waals surface area contributed by atoms with Crippen LogP contribution in [-0.2, 0) is 22.6 Å². The molecule has 168 valence electrons. The van der Waals surface area contributed by atoms with Gasteiger partial charge in [-0.3, -0.25) is 9.59 Å². The number of carbonyl (C=O) groups excluding carboxylic acids is 2. The molecule has 2 rings (SSSR count). The predicted molar refractivity (Wildman–Crippen MR) is 128 cm³/mol. The third-order valence-corrected chi connectivity index (χ3v) is 6.06. The number of hydrogen-bond donors (Lipinski definition) is 1. The summed E-state index contributed by atoms with van der Waals surface area (Å²) in [6, 6.07) is 12.4. The van der Waals surface area contributed by atoms with Crippen LogP contribution < -0.4 is 10.1 Å². The lowest BCUT2D eigenvalue weighted by Gasteiger charge is -2.29. The van der Waals surface area contributed by atoms with Gasteiger partial charge in [0.05, 0.1) is 4.47 Å². The molecule has 1 N–H and O–H groups in total. The minimum atomic E-state index is -0.647. The summed E-state index contributed by atoms with van der Waals surface area (Å²) in [5.41, 5.74) is 2.06. The number of halogens is 2. The van der Waals surface area contributed by atoms with Crippen LogP contribution in [0.3, 0.4) is 0 Å². The van der Waals surface area contributed by atoms with Gasteiger partial charge in [0.15, 0.2) is 6.61 Å². The molecule has 0 radical (unpaired) electrons. The van der Waals surface area contributed by atoms with Crippen LogP contribution in [0, 0.1) is 0 Å². The summed E-state index contributed by atoms with van der Waals surface area (Å²) in [4.78, 5) is 27.4. The molecule has 0 fully saturated rings. The van der Waals surface area contributed by atoms with Crippen molar-refractivity contribution in [1.29, 1.82) is 0 Å². The molecule has 0 aliphatic heterocycles. The second-order valence-corrected chi connectivity index (χ2v) is 8.84. The van der Waals surface area contributed by atoms with E-state index >= 15 is 0 Å². The molecule has 31 heavy (non-hydrogen) atoms. The SMILES string of the molecule is CCc1ccc(OCC(=O)N(Cc2ccc(Cl)cc2)C(C)C(=O)NC(C)CC)c(Br)c1. The van der Waals surface area contributed by atoms with Gasteiger partial charge in [-0.2, -0.15) is 0 Å². The molecule has 0 bridgehead atoms. The summed E-state index contributed by atoms with van der Waals surface area (Å²) >= 11 is 9.48. The van der Waals surface area contributed by atoms with Gasteiger partial charge >= 0.3 is 0 Å². The second-order valence-electron chi connectivity index (χ2n) is 7.55. The molecular formula is C24H30BrClN2O3. The Balaban J connectivity index is 2.16. The van der Waals surface area contributed by atoms with E-state index in [4.69, 9.17) is 16.3 Å². The zero-order valence-electron chi connectivity index (χ0n) is 18.5. The highest BCUT2D eigenvalue weighted by Gasteiger charge is 2.27. The van der Waals surface area contributed by atoms with Crippen molar-refractivity contribution in [3.8, 4) is 5.75 Å². The maximum atomic E-state index is 13.1. The minimum absolute atomic E-state index is 0.0340. The first-order chi connectivity index (χ1) is 14.7. The lowest BCUT2D eigenvalue weighted by molar-refractivity contribution is -0.142. The Morgan fingerprint density at radius 2 is 1.74 bits per heavy atom. The molecule has 0 saturated carbocycles. The molecule has 5 nitrogen and oxygen atoms in total. The molecule has 2 amide bonds. The van der Waals surface area contributed by atoms with Crippen LogP contribution in [0.2, 0.25) is 5.02 Å². The molecule has 0 saturated heterocycles. The number of amides is 2. The smallest absolute Gasteiger partial charge is 0.261 e. The van der Waals surface area contributed by atoms with Crippen molar-refractivity contribution in [2.75, 3.05) is 6.61 Å². The third kappa shape index (κ3) is 7.54. The fourth-order valence-electron chi connectivity index (χ4n) is 2.94. The third-order valence-electron chi connectivity index (χ3n) is 5.19. The second kappa shape index (κ2) is 12.1. The van der Waals surface area contributed by atoms with E-state index < -0.39 is 6.04 Å². The number of nitrogens with one attached hydrogen (secondary N) is 1. The number of aryl methyl sites for hydroxylation is 1. The number of benzene rings is 2. The standard InChI is InChI=1S/C24H30BrClN2O3/c1-5-16(3)27-24(30)17(4)28(14-19-7-10-20(26)11-8-19)23(29)15-31-22-12-9-18(6-2)13-21(22)25/h7-13,16-17H,5-6,14-15H2,1-4H3,(H,27,30). The molecule has 0 spiro atoms. The molecular weight excluding hydrogens is 480 g/mol. The first-order valence-electron chi connectivity index (χ1n) is 10.5. The highest BCUT2D eigenvalue weighted by atomic mass is 79.9. The molecule has 0 aliphatic carbocycles. The Labute approximate surface area is 198 Å². The van der Waals surface area contributed by atoms with Gasteiger partial charge in [0.25, 0.3) is 5.91 Å². The van der Waals surface area contributed by atoms with Crippen molar-refractivity contribution in [3.05, 3.63) is 63.1 Å². The fourth-order valence-corrected chi connectivity index (χ4v) is 3.61. The zero-order valence-corrected chi connectivity index (χ0v) is 20.8. The average molecular weight is 510 g/mol. The van der Waals surface area contributed by atoms with E-state index in [9.17, 15) is 9.59 Å². The van der Waals surface area contributed by atoms with Crippen LogP contribution in [0.5, 0.6) is 5.75 Å². The molecule has 7 heteroatoms. The van der Waals surface area contributed by atoms with Crippen molar-refractivity contribution >= 4 is 39.3 Å². The number of hydrogen-bond acceptors (Lipinski definition) is 3. The van der Waals surface area contributed by atoms with E-state index in [0.29, 0.717) is 10.8 Å². The van der Waals surface area contributed by atoms with Gasteiger partial charge in [-0.05, 0) is 78.0 Å². The van der Waals surface area contributed by atoms with E-state index in [-0.39, 0.29) is 31.0 Å². The van der Waals surface area contributed by atoms with Gasteiger partial charge in [-0.25, -0.2) is 0 Å². The summed E-state index contributed by atoms with van der Waals surface area (Å²) in [5.74, 6) is 0.132. The van der Waals surface area contributed by atoms with Crippen LogP contribution in [0.4, 0.5) is 0 Å². The summed E-state index contributed by atoms with van der Waals surface area (Å²) < 4.78 is 6.57. The van der Waals surface area contributed by atoms with Crippen molar-refractivity contribution in [3.63, 3.8) is 0 Å². The van der Waals surface area contributed by atoms with Gasteiger partial charge in [-0.15, -0.1) is 0 Å². The van der Waals surface area contributed by atoms with Crippen LogP contribution in [0.25, 0.3) is 0 Å². The Bertz CT molecular complexity index is 889. The number of rotatable bonds is 10. The monoisotopic (exact) mass is 508 g/mol. The number of ether oxygens (including phenoxy) is 1. The number of carbonyl (C=O) groups is 2.